The van der Waals surface area contributed by atoms with E-state index in [0.717, 1.165) is 0 Å². The lowest BCUT2D eigenvalue weighted by Gasteiger charge is -2.26. The number of nitrogens with zero attached hydrogens (tertiary/aromatic N) is 2. The van der Waals surface area contributed by atoms with Gasteiger partial charge in [-0.2, -0.15) is 0 Å². The van der Waals surface area contributed by atoms with Gasteiger partial charge in [0, 0.05) is 18.9 Å². The fourth-order valence-corrected chi connectivity index (χ4v) is 2.87. The zero-order valence-corrected chi connectivity index (χ0v) is 13.9. The fourth-order valence-electron chi connectivity index (χ4n) is 2.87. The average Bonchev–Trinajstić information content (AvgIpc) is 3.28. The SMILES string of the molecule is O=C(C1=C(O)C(=O)N(CCOCCO)C1c1cccnc1)c1ccco1. The van der Waals surface area contributed by atoms with Gasteiger partial charge in [0.1, 0.15) is 0 Å². The van der Waals surface area contributed by atoms with E-state index in [1.165, 1.54) is 23.4 Å². The molecule has 0 saturated carbocycles. The van der Waals surface area contributed by atoms with E-state index in [9.17, 15) is 14.7 Å². The van der Waals surface area contributed by atoms with E-state index in [0.29, 0.717) is 5.56 Å². The summed E-state index contributed by atoms with van der Waals surface area (Å²) in [7, 11) is 0. The van der Waals surface area contributed by atoms with Crippen LogP contribution in [0.1, 0.15) is 22.2 Å². The number of aliphatic hydroxyl groups excluding tert-OH is 2. The van der Waals surface area contributed by atoms with E-state index >= 15 is 0 Å². The largest absolute Gasteiger partial charge is 0.503 e. The first-order chi connectivity index (χ1) is 12.6. The van der Waals surface area contributed by atoms with Crippen LogP contribution in [0.25, 0.3) is 0 Å². The Morgan fingerprint density at radius 1 is 1.31 bits per heavy atom. The maximum absolute atomic E-state index is 12.8. The Bertz CT molecular complexity index is 800. The lowest BCUT2D eigenvalue weighted by molar-refractivity contribution is -0.130. The van der Waals surface area contributed by atoms with Gasteiger partial charge >= 0.3 is 0 Å². The summed E-state index contributed by atoms with van der Waals surface area (Å²) in [5.41, 5.74) is 0.530. The van der Waals surface area contributed by atoms with Crippen LogP contribution in [-0.2, 0) is 9.53 Å². The van der Waals surface area contributed by atoms with Crippen LogP contribution in [0.5, 0.6) is 0 Å². The van der Waals surface area contributed by atoms with E-state index in [1.807, 2.05) is 0 Å². The number of aliphatic hydroxyl groups is 2. The molecule has 1 aliphatic heterocycles. The molecule has 1 amide bonds. The first-order valence-corrected chi connectivity index (χ1v) is 8.06. The molecule has 0 aliphatic carbocycles. The molecule has 2 aromatic rings. The van der Waals surface area contributed by atoms with E-state index in [-0.39, 0.29) is 37.7 Å². The number of carbonyl (C=O) groups is 2. The number of hydrogen-bond donors (Lipinski definition) is 2. The van der Waals surface area contributed by atoms with Crippen molar-refractivity contribution in [3.05, 3.63) is 65.6 Å². The molecule has 8 heteroatoms. The second kappa shape index (κ2) is 7.94. The number of aromatic nitrogens is 1. The Labute approximate surface area is 149 Å². The predicted molar refractivity (Wildman–Crippen MR) is 89.3 cm³/mol. The Kier molecular flexibility index (Phi) is 5.45. The smallest absolute Gasteiger partial charge is 0.290 e. The van der Waals surface area contributed by atoms with Crippen LogP contribution in [0.2, 0.25) is 0 Å². The van der Waals surface area contributed by atoms with Gasteiger partial charge in [0.25, 0.3) is 5.91 Å². The number of Topliss-reactive ketones (excluding diaryl/α,β-unsaturated/α-hetero) is 1. The average molecular weight is 358 g/mol. The maximum atomic E-state index is 12.8. The molecular weight excluding hydrogens is 340 g/mol. The fraction of sp³-hybridized carbons (Fsp3) is 0.278. The molecule has 2 N–H and O–H groups in total. The number of ketones is 1. The van der Waals surface area contributed by atoms with Crippen LogP contribution in [0.4, 0.5) is 0 Å². The predicted octanol–water partition coefficient (Wildman–Crippen LogP) is 1.26. The van der Waals surface area contributed by atoms with Gasteiger partial charge in [0.2, 0.25) is 5.78 Å². The minimum absolute atomic E-state index is 0.0339. The molecule has 0 saturated heterocycles. The van der Waals surface area contributed by atoms with Gasteiger partial charge < -0.3 is 24.3 Å². The first kappa shape index (κ1) is 17.8. The summed E-state index contributed by atoms with van der Waals surface area (Å²) in [5, 5.41) is 19.1. The molecule has 0 spiro atoms. The van der Waals surface area contributed by atoms with Crippen molar-refractivity contribution in [1.82, 2.24) is 9.88 Å². The van der Waals surface area contributed by atoms with Gasteiger partial charge in [0.05, 0.1) is 37.7 Å². The Morgan fingerprint density at radius 2 is 2.15 bits per heavy atom. The zero-order valence-electron chi connectivity index (χ0n) is 13.9. The third-order valence-electron chi connectivity index (χ3n) is 4.01. The number of amides is 1. The van der Waals surface area contributed by atoms with Crippen LogP contribution >= 0.6 is 0 Å². The summed E-state index contributed by atoms with van der Waals surface area (Å²) >= 11 is 0. The molecule has 26 heavy (non-hydrogen) atoms. The van der Waals surface area contributed by atoms with Crippen LogP contribution in [-0.4, -0.2) is 58.2 Å². The van der Waals surface area contributed by atoms with Crippen LogP contribution in [0.15, 0.2) is 58.7 Å². The molecule has 8 nitrogen and oxygen atoms in total. The number of hydrogen-bond acceptors (Lipinski definition) is 7. The van der Waals surface area contributed by atoms with Gasteiger partial charge in [-0.1, -0.05) is 6.07 Å². The second-order valence-electron chi connectivity index (χ2n) is 5.59. The van der Waals surface area contributed by atoms with Crippen molar-refractivity contribution in [3.63, 3.8) is 0 Å². The van der Waals surface area contributed by atoms with Crippen molar-refractivity contribution >= 4 is 11.7 Å². The molecule has 0 fully saturated rings. The van der Waals surface area contributed by atoms with Crippen molar-refractivity contribution in [2.75, 3.05) is 26.4 Å². The molecule has 3 heterocycles. The van der Waals surface area contributed by atoms with Crippen molar-refractivity contribution in [2.24, 2.45) is 0 Å². The molecule has 1 aliphatic rings. The molecule has 0 radical (unpaired) electrons. The molecule has 2 aromatic heterocycles. The highest BCUT2D eigenvalue weighted by molar-refractivity contribution is 6.14. The summed E-state index contributed by atoms with van der Waals surface area (Å²) in [6.45, 7) is 0.291. The van der Waals surface area contributed by atoms with Gasteiger partial charge in [-0.05, 0) is 23.8 Å². The Hall–Kier alpha value is -2.97. The van der Waals surface area contributed by atoms with Crippen molar-refractivity contribution in [3.8, 4) is 0 Å². The monoisotopic (exact) mass is 358 g/mol. The van der Waals surface area contributed by atoms with Crippen molar-refractivity contribution in [1.29, 1.82) is 0 Å². The van der Waals surface area contributed by atoms with Crippen molar-refractivity contribution < 1.29 is 29.0 Å². The Balaban J connectivity index is 1.95. The minimum Gasteiger partial charge on any atom is -0.503 e. The second-order valence-corrected chi connectivity index (χ2v) is 5.59. The summed E-state index contributed by atoms with van der Waals surface area (Å²) in [6.07, 6.45) is 4.46. The highest BCUT2D eigenvalue weighted by Crippen LogP contribution is 2.38. The zero-order chi connectivity index (χ0) is 18.5. The normalized spacial score (nSPS) is 17.2. The van der Waals surface area contributed by atoms with Gasteiger partial charge in [-0.15, -0.1) is 0 Å². The van der Waals surface area contributed by atoms with Gasteiger partial charge in [-0.25, -0.2) is 0 Å². The maximum Gasteiger partial charge on any atom is 0.290 e. The molecule has 0 aromatic carbocycles. The lowest BCUT2D eigenvalue weighted by Crippen LogP contribution is -2.34. The highest BCUT2D eigenvalue weighted by Gasteiger charge is 2.44. The number of carbonyl (C=O) groups excluding carboxylic acids is 2. The number of furan rings is 1. The summed E-state index contributed by atoms with van der Waals surface area (Å²) in [4.78, 5) is 30.7. The van der Waals surface area contributed by atoms with Crippen molar-refractivity contribution in [2.45, 2.75) is 6.04 Å². The minimum atomic E-state index is -0.800. The standard InChI is InChI=1S/C18H18N2O6/c21-7-10-25-9-6-20-15(12-3-1-5-19-11-12)14(17(23)18(20)24)16(22)13-4-2-8-26-13/h1-5,8,11,15,21,23H,6-7,9-10H2. The summed E-state index contributed by atoms with van der Waals surface area (Å²) in [5.74, 6) is -1.80. The van der Waals surface area contributed by atoms with Crippen LogP contribution < -0.4 is 0 Å². The number of ether oxygens (including phenoxy) is 1. The van der Waals surface area contributed by atoms with E-state index in [1.54, 1.807) is 24.4 Å². The molecule has 0 bridgehead atoms. The number of pyridine rings is 1. The molecule has 1 unspecified atom stereocenters. The molecule has 136 valence electrons. The quantitative estimate of drug-likeness (QED) is 0.539. The van der Waals surface area contributed by atoms with Crippen LogP contribution in [0, 0.1) is 0 Å². The van der Waals surface area contributed by atoms with Crippen LogP contribution in [0.3, 0.4) is 0 Å². The van der Waals surface area contributed by atoms with Gasteiger partial charge in [0.15, 0.2) is 11.5 Å². The lowest BCUT2D eigenvalue weighted by atomic mass is 9.96. The van der Waals surface area contributed by atoms with E-state index in [4.69, 9.17) is 14.3 Å². The number of rotatable bonds is 8. The summed E-state index contributed by atoms with van der Waals surface area (Å²) in [6, 6.07) is 5.64. The highest BCUT2D eigenvalue weighted by atomic mass is 16.5. The van der Waals surface area contributed by atoms with E-state index in [2.05, 4.69) is 4.98 Å². The molecule has 1 atom stereocenters. The summed E-state index contributed by atoms with van der Waals surface area (Å²) < 4.78 is 10.3. The van der Waals surface area contributed by atoms with Gasteiger partial charge in [-0.3, -0.25) is 14.6 Å². The topological polar surface area (TPSA) is 113 Å². The molecular formula is C18H18N2O6. The first-order valence-electron chi connectivity index (χ1n) is 8.06. The third kappa shape index (κ3) is 3.37. The Morgan fingerprint density at radius 3 is 2.81 bits per heavy atom. The third-order valence-corrected chi connectivity index (χ3v) is 4.01. The van der Waals surface area contributed by atoms with E-state index < -0.39 is 23.5 Å². The molecule has 3 rings (SSSR count).